The fraction of sp³-hybridized carbons (Fsp3) is 0.118. The Bertz CT molecular complexity index is 748. The largest absolute Gasteiger partial charge is 0.504 e. The van der Waals surface area contributed by atoms with E-state index in [0.717, 1.165) is 11.1 Å². The number of ether oxygens (including phenoxy) is 1. The van der Waals surface area contributed by atoms with E-state index in [4.69, 9.17) is 16.3 Å². The number of hydrogen-bond acceptors (Lipinski definition) is 3. The molecule has 0 saturated heterocycles. The van der Waals surface area contributed by atoms with Crippen LogP contribution in [0, 0.1) is 11.3 Å². The minimum absolute atomic E-state index is 0.0517. The van der Waals surface area contributed by atoms with Gasteiger partial charge in [0, 0.05) is 9.50 Å². The fourth-order valence-corrected chi connectivity index (χ4v) is 2.48. The van der Waals surface area contributed by atoms with E-state index in [0.29, 0.717) is 27.4 Å². The number of hydrogen-bond donors (Lipinski definition) is 1. The molecular weight excluding hydrogens is 366 g/mol. The Morgan fingerprint density at radius 3 is 2.64 bits per heavy atom. The lowest BCUT2D eigenvalue weighted by molar-refractivity contribution is 0.318. The average molecular weight is 379 g/mol. The molecule has 0 aliphatic rings. The first-order chi connectivity index (χ1) is 10.5. The average Bonchev–Trinajstić information content (AvgIpc) is 2.50. The number of phenolic OH excluding ortho intramolecular Hbond substituents is 1. The monoisotopic (exact) mass is 377 g/mol. The Balaban J connectivity index is 2.47. The molecule has 0 atom stereocenters. The van der Waals surface area contributed by atoms with E-state index < -0.39 is 0 Å². The van der Waals surface area contributed by atoms with E-state index >= 15 is 0 Å². The molecule has 0 aliphatic carbocycles. The molecule has 0 spiro atoms. The van der Waals surface area contributed by atoms with Crippen LogP contribution < -0.4 is 4.74 Å². The van der Waals surface area contributed by atoms with Gasteiger partial charge < -0.3 is 9.84 Å². The third kappa shape index (κ3) is 3.82. The Hall–Kier alpha value is -1.96. The van der Waals surface area contributed by atoms with Crippen molar-refractivity contribution in [3.05, 3.63) is 57.0 Å². The topological polar surface area (TPSA) is 53.2 Å². The van der Waals surface area contributed by atoms with E-state index in [2.05, 4.69) is 22.0 Å². The lowest BCUT2D eigenvalue weighted by atomic mass is 10.0. The predicted octanol–water partition coefficient (Wildman–Crippen LogP) is 5.27. The van der Waals surface area contributed by atoms with Crippen LogP contribution in [0.25, 0.3) is 11.6 Å². The molecular formula is C17H13BrClNO2. The smallest absolute Gasteiger partial charge is 0.161 e. The Labute approximate surface area is 142 Å². The number of halogens is 2. The van der Waals surface area contributed by atoms with Crippen molar-refractivity contribution >= 4 is 39.2 Å². The molecule has 0 saturated carbocycles. The molecule has 3 nitrogen and oxygen atoms in total. The molecule has 0 heterocycles. The number of nitriles is 1. The van der Waals surface area contributed by atoms with E-state index in [1.54, 1.807) is 42.5 Å². The van der Waals surface area contributed by atoms with Crippen molar-refractivity contribution in [1.82, 2.24) is 0 Å². The highest BCUT2D eigenvalue weighted by Crippen LogP contribution is 2.34. The Kier molecular flexibility index (Phi) is 5.48. The maximum Gasteiger partial charge on any atom is 0.161 e. The van der Waals surface area contributed by atoms with Gasteiger partial charge in [0.2, 0.25) is 0 Å². The van der Waals surface area contributed by atoms with Crippen LogP contribution in [0.1, 0.15) is 18.1 Å². The molecule has 2 aromatic rings. The van der Waals surface area contributed by atoms with E-state index in [-0.39, 0.29) is 5.75 Å². The minimum atomic E-state index is 0.0517. The molecule has 0 radical (unpaired) electrons. The maximum atomic E-state index is 9.83. The number of nitrogens with zero attached hydrogens (tertiary/aromatic N) is 1. The van der Waals surface area contributed by atoms with Gasteiger partial charge in [-0.25, -0.2) is 0 Å². The SMILES string of the molecule is CCOc1cc(C=C(C#N)c2ccc(Cl)cc2)c(Br)cc1O. The zero-order valence-corrected chi connectivity index (χ0v) is 14.1. The molecule has 1 N–H and O–H groups in total. The van der Waals surface area contributed by atoms with Crippen LogP contribution in [-0.4, -0.2) is 11.7 Å². The summed E-state index contributed by atoms with van der Waals surface area (Å²) < 4.78 is 6.04. The third-order valence-electron chi connectivity index (χ3n) is 2.95. The summed E-state index contributed by atoms with van der Waals surface area (Å²) in [4.78, 5) is 0. The van der Waals surface area contributed by atoms with Crippen molar-refractivity contribution < 1.29 is 9.84 Å². The highest BCUT2D eigenvalue weighted by atomic mass is 79.9. The molecule has 0 bridgehead atoms. The molecule has 0 amide bonds. The zero-order valence-electron chi connectivity index (χ0n) is 11.8. The van der Waals surface area contributed by atoms with Crippen molar-refractivity contribution in [2.24, 2.45) is 0 Å². The van der Waals surface area contributed by atoms with Gasteiger partial charge >= 0.3 is 0 Å². The summed E-state index contributed by atoms with van der Waals surface area (Å²) in [7, 11) is 0. The van der Waals surface area contributed by atoms with Gasteiger partial charge in [0.05, 0.1) is 18.2 Å². The molecule has 0 unspecified atom stereocenters. The van der Waals surface area contributed by atoms with Gasteiger partial charge in [-0.05, 0) is 48.4 Å². The lowest BCUT2D eigenvalue weighted by Gasteiger charge is -2.09. The fourth-order valence-electron chi connectivity index (χ4n) is 1.91. The Morgan fingerprint density at radius 2 is 2.05 bits per heavy atom. The maximum absolute atomic E-state index is 9.83. The van der Waals surface area contributed by atoms with Gasteiger partial charge in [0.15, 0.2) is 11.5 Å². The van der Waals surface area contributed by atoms with E-state index in [1.165, 1.54) is 0 Å². The summed E-state index contributed by atoms with van der Waals surface area (Å²) in [5, 5.41) is 19.8. The van der Waals surface area contributed by atoms with Crippen molar-refractivity contribution in [2.75, 3.05) is 6.61 Å². The van der Waals surface area contributed by atoms with Gasteiger partial charge in [0.25, 0.3) is 0 Å². The van der Waals surface area contributed by atoms with Crippen LogP contribution in [0.5, 0.6) is 11.5 Å². The third-order valence-corrected chi connectivity index (χ3v) is 3.89. The van der Waals surface area contributed by atoms with E-state index in [1.807, 2.05) is 6.92 Å². The molecule has 2 rings (SSSR count). The second-order valence-corrected chi connectivity index (χ2v) is 5.74. The first-order valence-electron chi connectivity index (χ1n) is 6.58. The van der Waals surface area contributed by atoms with Crippen molar-refractivity contribution in [3.8, 4) is 17.6 Å². The molecule has 22 heavy (non-hydrogen) atoms. The summed E-state index contributed by atoms with van der Waals surface area (Å²) in [6, 6.07) is 12.5. The van der Waals surface area contributed by atoms with E-state index in [9.17, 15) is 10.4 Å². The van der Waals surface area contributed by atoms with Crippen molar-refractivity contribution in [2.45, 2.75) is 6.92 Å². The Morgan fingerprint density at radius 1 is 1.36 bits per heavy atom. The van der Waals surface area contributed by atoms with Gasteiger partial charge in [-0.2, -0.15) is 5.26 Å². The number of phenols is 1. The second kappa shape index (κ2) is 7.35. The molecule has 0 aromatic heterocycles. The molecule has 5 heteroatoms. The zero-order chi connectivity index (χ0) is 16.1. The van der Waals surface area contributed by atoms with Crippen molar-refractivity contribution in [1.29, 1.82) is 5.26 Å². The van der Waals surface area contributed by atoms with Gasteiger partial charge in [-0.15, -0.1) is 0 Å². The van der Waals surface area contributed by atoms with Crippen molar-refractivity contribution in [3.63, 3.8) is 0 Å². The van der Waals surface area contributed by atoms with Gasteiger partial charge in [-0.3, -0.25) is 0 Å². The van der Waals surface area contributed by atoms with Gasteiger partial charge in [-0.1, -0.05) is 39.7 Å². The minimum Gasteiger partial charge on any atom is -0.504 e. The second-order valence-electron chi connectivity index (χ2n) is 4.45. The standard InChI is InChI=1S/C17H13BrClNO2/c1-2-22-17-8-12(15(18)9-16(17)21)7-13(10-20)11-3-5-14(19)6-4-11/h3-9,21H,2H2,1H3. The van der Waals surface area contributed by atoms with Crippen LogP contribution in [-0.2, 0) is 0 Å². The summed E-state index contributed by atoms with van der Waals surface area (Å²) in [6.07, 6.45) is 1.73. The predicted molar refractivity (Wildman–Crippen MR) is 91.9 cm³/mol. The molecule has 112 valence electrons. The molecule has 0 aliphatic heterocycles. The van der Waals surface area contributed by atoms with Gasteiger partial charge in [0.1, 0.15) is 0 Å². The summed E-state index contributed by atoms with van der Waals surface area (Å²) in [5.41, 5.74) is 2.00. The highest BCUT2D eigenvalue weighted by Gasteiger charge is 2.09. The first-order valence-corrected chi connectivity index (χ1v) is 7.75. The summed E-state index contributed by atoms with van der Waals surface area (Å²) in [6.45, 7) is 2.28. The lowest BCUT2D eigenvalue weighted by Crippen LogP contribution is -1.93. The number of rotatable bonds is 4. The number of allylic oxidation sites excluding steroid dienone is 1. The van der Waals surface area contributed by atoms with Crippen LogP contribution in [0.2, 0.25) is 5.02 Å². The highest BCUT2D eigenvalue weighted by molar-refractivity contribution is 9.10. The normalized spacial score (nSPS) is 11.1. The quantitative estimate of drug-likeness (QED) is 0.582. The van der Waals surface area contributed by atoms with Crippen LogP contribution >= 0.6 is 27.5 Å². The number of benzene rings is 2. The molecule has 0 fully saturated rings. The number of aromatic hydroxyl groups is 1. The van der Waals surface area contributed by atoms with Crippen LogP contribution in [0.3, 0.4) is 0 Å². The van der Waals surface area contributed by atoms with Crippen LogP contribution in [0.4, 0.5) is 0 Å². The van der Waals surface area contributed by atoms with Crippen LogP contribution in [0.15, 0.2) is 40.9 Å². The molecule has 2 aromatic carbocycles. The summed E-state index contributed by atoms with van der Waals surface area (Å²) >= 11 is 9.25. The first kappa shape index (κ1) is 16.4. The summed E-state index contributed by atoms with van der Waals surface area (Å²) in [5.74, 6) is 0.432.